The fraction of sp³-hybridized carbons (Fsp3) is 0.633. The van der Waals surface area contributed by atoms with Gasteiger partial charge in [-0.3, -0.25) is 29.3 Å². The van der Waals surface area contributed by atoms with Gasteiger partial charge in [-0.05, 0) is 37.5 Å². The van der Waals surface area contributed by atoms with Gasteiger partial charge in [0, 0.05) is 20.0 Å². The van der Waals surface area contributed by atoms with E-state index < -0.39 is 54.3 Å². The van der Waals surface area contributed by atoms with Crippen molar-refractivity contribution in [3.63, 3.8) is 0 Å². The number of aliphatic hydroxyl groups is 1. The molecular formula is C30H49N5O10. The standard InChI is InChI=1S/C30H49N5O10/c1-20(27(39)17-33-26(18-36)28(32)40)34-30(42)25(16-21-8-10-22(37)11-9-21)35-29(41)24(31)7-5-3-4-6-23(38)19-45-15-14-44-13-12-43-2/h8-11,20,24-26,33,36-37H,3-7,12-19,31H2,1-2H3,(H2,32,40)(H,34,42)(H,35,41)/t20-,24+,25+,26+/m1/s1. The third kappa shape index (κ3) is 17.6. The van der Waals surface area contributed by atoms with Gasteiger partial charge >= 0.3 is 0 Å². The molecule has 15 heteroatoms. The van der Waals surface area contributed by atoms with Crippen molar-refractivity contribution >= 4 is 29.3 Å². The average Bonchev–Trinajstić information content (AvgIpc) is 3.00. The molecule has 1 aromatic rings. The molecule has 45 heavy (non-hydrogen) atoms. The van der Waals surface area contributed by atoms with Crippen LogP contribution < -0.4 is 27.4 Å². The molecule has 4 atom stereocenters. The lowest BCUT2D eigenvalue weighted by molar-refractivity contribution is -0.131. The van der Waals surface area contributed by atoms with E-state index in [1.807, 2.05) is 0 Å². The fourth-order valence-corrected chi connectivity index (χ4v) is 4.00. The molecule has 0 aromatic heterocycles. The van der Waals surface area contributed by atoms with Gasteiger partial charge in [0.1, 0.15) is 24.4 Å². The van der Waals surface area contributed by atoms with E-state index in [0.29, 0.717) is 64.1 Å². The maximum atomic E-state index is 13.1. The Kier molecular flexibility index (Phi) is 20.2. The van der Waals surface area contributed by atoms with Gasteiger partial charge in [0.25, 0.3) is 0 Å². The maximum absolute atomic E-state index is 13.1. The molecule has 0 aliphatic carbocycles. The van der Waals surface area contributed by atoms with Crippen molar-refractivity contribution in [3.8, 4) is 5.75 Å². The molecule has 0 fully saturated rings. The monoisotopic (exact) mass is 639 g/mol. The zero-order chi connectivity index (χ0) is 33.6. The van der Waals surface area contributed by atoms with Crippen LogP contribution in [-0.2, 0) is 44.6 Å². The molecule has 0 saturated heterocycles. The third-order valence-electron chi connectivity index (χ3n) is 6.77. The quantitative estimate of drug-likeness (QED) is 0.0570. The number of aliphatic hydroxyl groups excluding tert-OH is 1. The van der Waals surface area contributed by atoms with Crippen LogP contribution in [0.3, 0.4) is 0 Å². The van der Waals surface area contributed by atoms with Crippen molar-refractivity contribution in [1.82, 2.24) is 16.0 Å². The van der Waals surface area contributed by atoms with Gasteiger partial charge in [0.2, 0.25) is 17.7 Å². The van der Waals surface area contributed by atoms with Gasteiger partial charge in [0.15, 0.2) is 11.6 Å². The number of carbonyl (C=O) groups excluding carboxylic acids is 5. The number of hydrogen-bond donors (Lipinski definition) is 7. The van der Waals surface area contributed by atoms with E-state index in [1.165, 1.54) is 19.1 Å². The lowest BCUT2D eigenvalue weighted by Gasteiger charge is -2.23. The smallest absolute Gasteiger partial charge is 0.243 e. The first kappa shape index (κ1) is 39.6. The Hall–Kier alpha value is -3.47. The molecular weight excluding hydrogens is 590 g/mol. The maximum Gasteiger partial charge on any atom is 0.243 e. The summed E-state index contributed by atoms with van der Waals surface area (Å²) in [6, 6.07) is 1.98. The Morgan fingerprint density at radius 1 is 0.889 bits per heavy atom. The minimum atomic E-state index is -1.11. The van der Waals surface area contributed by atoms with E-state index in [2.05, 4.69) is 16.0 Å². The lowest BCUT2D eigenvalue weighted by Crippen LogP contribution is -2.55. The van der Waals surface area contributed by atoms with Gasteiger partial charge in [-0.2, -0.15) is 0 Å². The number of phenols is 1. The number of nitrogens with two attached hydrogens (primary N) is 2. The number of rotatable bonds is 26. The molecule has 0 heterocycles. The number of unbranched alkanes of at least 4 members (excludes halogenated alkanes) is 2. The topological polar surface area (TPSA) is 242 Å². The van der Waals surface area contributed by atoms with Gasteiger partial charge < -0.3 is 46.5 Å². The highest BCUT2D eigenvalue weighted by molar-refractivity contribution is 5.94. The van der Waals surface area contributed by atoms with E-state index in [4.69, 9.17) is 25.7 Å². The van der Waals surface area contributed by atoms with Crippen LogP contribution in [0.5, 0.6) is 5.75 Å². The summed E-state index contributed by atoms with van der Waals surface area (Å²) in [5.41, 5.74) is 11.9. The number of phenolic OH excluding ortho intramolecular Hbond substituents is 1. The van der Waals surface area contributed by atoms with Crippen LogP contribution in [0.1, 0.15) is 44.6 Å². The molecule has 0 aliphatic heterocycles. The summed E-state index contributed by atoms with van der Waals surface area (Å²) in [4.78, 5) is 61.8. The molecule has 3 amide bonds. The predicted molar refractivity (Wildman–Crippen MR) is 164 cm³/mol. The van der Waals surface area contributed by atoms with E-state index in [-0.39, 0.29) is 31.1 Å². The Morgan fingerprint density at radius 2 is 1.56 bits per heavy atom. The lowest BCUT2D eigenvalue weighted by atomic mass is 10.0. The second-order valence-corrected chi connectivity index (χ2v) is 10.5. The number of carbonyl (C=O) groups is 5. The molecule has 1 rings (SSSR count). The summed E-state index contributed by atoms with van der Waals surface area (Å²) in [7, 11) is 1.58. The molecule has 15 nitrogen and oxygen atoms in total. The Morgan fingerprint density at radius 3 is 2.20 bits per heavy atom. The number of ether oxygens (including phenoxy) is 3. The Balaban J connectivity index is 2.56. The number of hydrogen-bond acceptors (Lipinski definition) is 12. The van der Waals surface area contributed by atoms with Crippen molar-refractivity contribution in [3.05, 3.63) is 29.8 Å². The molecule has 9 N–H and O–H groups in total. The van der Waals surface area contributed by atoms with Crippen molar-refractivity contribution in [2.45, 2.75) is 69.6 Å². The summed E-state index contributed by atoms with van der Waals surface area (Å²) in [5, 5.41) is 26.5. The SMILES string of the molecule is COCCOCCOCC(=O)CCCCC[C@H](N)C(=O)N[C@@H](Cc1ccc(O)cc1)C(=O)N[C@H](C)C(=O)CN[C@@H](CO)C(N)=O. The number of primary amides is 1. The Labute approximate surface area is 263 Å². The molecule has 0 unspecified atom stereocenters. The third-order valence-corrected chi connectivity index (χ3v) is 6.77. The summed E-state index contributed by atoms with van der Waals surface area (Å²) >= 11 is 0. The first-order valence-electron chi connectivity index (χ1n) is 14.9. The fourth-order valence-electron chi connectivity index (χ4n) is 4.00. The second-order valence-electron chi connectivity index (χ2n) is 10.5. The van der Waals surface area contributed by atoms with Crippen LogP contribution in [0.15, 0.2) is 24.3 Å². The van der Waals surface area contributed by atoms with Crippen molar-refractivity contribution in [2.75, 3.05) is 53.3 Å². The Bertz CT molecular complexity index is 1060. The van der Waals surface area contributed by atoms with Gasteiger partial charge in [0.05, 0.1) is 51.7 Å². The minimum Gasteiger partial charge on any atom is -0.508 e. The van der Waals surface area contributed by atoms with Crippen molar-refractivity contribution in [1.29, 1.82) is 0 Å². The van der Waals surface area contributed by atoms with E-state index >= 15 is 0 Å². The van der Waals surface area contributed by atoms with Crippen molar-refractivity contribution in [2.24, 2.45) is 11.5 Å². The van der Waals surface area contributed by atoms with E-state index in [0.717, 1.165) is 0 Å². The number of nitrogens with one attached hydrogen (secondary N) is 3. The molecule has 0 aliphatic rings. The number of methoxy groups -OCH3 is 1. The molecule has 0 saturated carbocycles. The summed E-state index contributed by atoms with van der Waals surface area (Å²) < 4.78 is 15.4. The summed E-state index contributed by atoms with van der Waals surface area (Å²) in [6.45, 7) is 2.19. The zero-order valence-electron chi connectivity index (χ0n) is 26.1. The van der Waals surface area contributed by atoms with Crippen molar-refractivity contribution < 1.29 is 48.4 Å². The first-order valence-corrected chi connectivity index (χ1v) is 14.9. The predicted octanol–water partition coefficient (Wildman–Crippen LogP) is -1.54. The zero-order valence-corrected chi connectivity index (χ0v) is 26.1. The number of ketones is 2. The first-order chi connectivity index (χ1) is 21.5. The number of Topliss-reactive ketones (excluding diaryl/α,β-unsaturated/α-hetero) is 2. The van der Waals surface area contributed by atoms with E-state index in [9.17, 15) is 34.2 Å². The van der Waals surface area contributed by atoms with Crippen LogP contribution in [0.4, 0.5) is 0 Å². The highest BCUT2D eigenvalue weighted by Gasteiger charge is 2.27. The molecule has 1 aromatic carbocycles. The summed E-state index contributed by atoms with van der Waals surface area (Å²) in [5.74, 6) is -2.50. The van der Waals surface area contributed by atoms with Gasteiger partial charge in [-0.1, -0.05) is 25.0 Å². The van der Waals surface area contributed by atoms with Crippen LogP contribution in [-0.4, -0.2) is 117 Å². The molecule has 254 valence electrons. The van der Waals surface area contributed by atoms with E-state index in [1.54, 1.807) is 19.2 Å². The number of benzene rings is 1. The number of aromatic hydroxyl groups is 1. The highest BCUT2D eigenvalue weighted by atomic mass is 16.5. The number of amides is 3. The normalized spacial score (nSPS) is 13.8. The molecule has 0 bridgehead atoms. The largest absolute Gasteiger partial charge is 0.508 e. The van der Waals surface area contributed by atoms with Crippen LogP contribution >= 0.6 is 0 Å². The minimum absolute atomic E-state index is 0.0112. The van der Waals surface area contributed by atoms with Crippen LogP contribution in [0.2, 0.25) is 0 Å². The molecule has 0 radical (unpaired) electrons. The average molecular weight is 640 g/mol. The van der Waals surface area contributed by atoms with Crippen LogP contribution in [0, 0.1) is 0 Å². The van der Waals surface area contributed by atoms with Crippen LogP contribution in [0.25, 0.3) is 0 Å². The second kappa shape index (κ2) is 23.0. The van der Waals surface area contributed by atoms with Gasteiger partial charge in [-0.15, -0.1) is 0 Å². The molecule has 0 spiro atoms. The highest BCUT2D eigenvalue weighted by Crippen LogP contribution is 2.12. The van der Waals surface area contributed by atoms with Gasteiger partial charge in [-0.25, -0.2) is 0 Å². The summed E-state index contributed by atoms with van der Waals surface area (Å²) in [6.07, 6.45) is 2.60.